The van der Waals surface area contributed by atoms with Crippen LogP contribution in [0.25, 0.3) is 0 Å². The Bertz CT molecular complexity index is 635. The van der Waals surface area contributed by atoms with E-state index in [-0.39, 0.29) is 17.7 Å². The molecule has 1 fully saturated rings. The fourth-order valence-electron chi connectivity index (χ4n) is 2.60. The van der Waals surface area contributed by atoms with Crippen LogP contribution in [-0.4, -0.2) is 43.4 Å². The Hall–Kier alpha value is -2.35. The molecule has 1 unspecified atom stereocenters. The summed E-state index contributed by atoms with van der Waals surface area (Å²) in [7, 11) is 2.83. The molecule has 2 N–H and O–H groups in total. The molecule has 1 aliphatic heterocycles. The fourth-order valence-corrected chi connectivity index (χ4v) is 2.60. The van der Waals surface area contributed by atoms with Crippen LogP contribution in [0, 0.1) is 5.82 Å². The van der Waals surface area contributed by atoms with Crippen LogP contribution in [0.2, 0.25) is 0 Å². The van der Waals surface area contributed by atoms with Gasteiger partial charge in [-0.1, -0.05) is 0 Å². The lowest BCUT2D eigenvalue weighted by Crippen LogP contribution is -2.37. The Morgan fingerprint density at radius 3 is 2.38 bits per heavy atom. The summed E-state index contributed by atoms with van der Waals surface area (Å²) < 4.78 is 29.5. The van der Waals surface area contributed by atoms with Gasteiger partial charge in [-0.25, -0.2) is 9.18 Å². The number of benzene rings is 1. The van der Waals surface area contributed by atoms with Crippen LogP contribution in [0.15, 0.2) is 12.1 Å². The lowest BCUT2D eigenvalue weighted by molar-refractivity contribution is -0.151. The number of rotatable bonds is 6. The second-order valence-electron chi connectivity index (χ2n) is 5.49. The van der Waals surface area contributed by atoms with Gasteiger partial charge in [-0.05, 0) is 25.8 Å². The van der Waals surface area contributed by atoms with Gasteiger partial charge in [0, 0.05) is 11.6 Å². The first-order valence-corrected chi connectivity index (χ1v) is 7.47. The average Bonchev–Trinajstić information content (AvgIpc) is 3.04. The van der Waals surface area contributed by atoms with Crippen LogP contribution in [-0.2, 0) is 14.3 Å². The fraction of sp³-hybridized carbons (Fsp3) is 0.500. The highest BCUT2D eigenvalue weighted by Gasteiger charge is 2.35. The van der Waals surface area contributed by atoms with Crippen molar-refractivity contribution in [1.82, 2.24) is 5.32 Å². The van der Waals surface area contributed by atoms with Crippen molar-refractivity contribution < 1.29 is 33.3 Å². The van der Waals surface area contributed by atoms with E-state index in [4.69, 9.17) is 19.3 Å². The molecule has 132 valence electrons. The molecular formula is C16H20FNO6. The van der Waals surface area contributed by atoms with E-state index in [0.29, 0.717) is 12.2 Å². The first kappa shape index (κ1) is 18.0. The number of carbonyl (C=O) groups is 2. The SMILES string of the molecule is COc1cc(F)c(C(C)NC(=O)[C@@H]2CC[C@H](C(=O)O)O2)cc1OC. The first-order chi connectivity index (χ1) is 11.4. The summed E-state index contributed by atoms with van der Waals surface area (Å²) in [6.07, 6.45) is -1.25. The number of carboxylic acid groups (broad SMARTS) is 1. The standard InChI is InChI=1S/C16H20FNO6/c1-8(9-6-13(22-2)14(23-3)7-10(9)17)18-15(19)11-4-5-12(24-11)16(20)21/h6-8,11-12H,4-5H2,1-3H3,(H,18,19)(H,20,21)/t8?,11-,12+/m0/s1. The third-order valence-electron chi connectivity index (χ3n) is 3.92. The number of nitrogens with one attached hydrogen (secondary N) is 1. The van der Waals surface area contributed by atoms with Gasteiger partial charge in [-0.3, -0.25) is 4.79 Å². The second kappa shape index (κ2) is 7.48. The smallest absolute Gasteiger partial charge is 0.332 e. The molecule has 0 aliphatic carbocycles. The van der Waals surface area contributed by atoms with E-state index in [1.165, 1.54) is 26.4 Å². The maximum Gasteiger partial charge on any atom is 0.332 e. The number of hydrogen-bond acceptors (Lipinski definition) is 5. The quantitative estimate of drug-likeness (QED) is 0.817. The molecule has 1 amide bonds. The van der Waals surface area contributed by atoms with Gasteiger partial charge in [-0.2, -0.15) is 0 Å². The summed E-state index contributed by atoms with van der Waals surface area (Å²) in [5.41, 5.74) is 0.230. The number of ether oxygens (including phenoxy) is 3. The van der Waals surface area contributed by atoms with Crippen LogP contribution in [0.4, 0.5) is 4.39 Å². The minimum Gasteiger partial charge on any atom is -0.493 e. The molecule has 1 aromatic rings. The predicted octanol–water partition coefficient (Wildman–Crippen LogP) is 1.65. The number of amides is 1. The van der Waals surface area contributed by atoms with E-state index in [1.807, 2.05) is 0 Å². The van der Waals surface area contributed by atoms with E-state index in [1.54, 1.807) is 6.92 Å². The molecule has 0 saturated carbocycles. The number of halogens is 1. The normalized spacial score (nSPS) is 21.2. The molecule has 1 aliphatic rings. The van der Waals surface area contributed by atoms with Crippen molar-refractivity contribution in [2.24, 2.45) is 0 Å². The highest BCUT2D eigenvalue weighted by Crippen LogP contribution is 2.32. The van der Waals surface area contributed by atoms with Crippen molar-refractivity contribution in [1.29, 1.82) is 0 Å². The third kappa shape index (κ3) is 3.76. The summed E-state index contributed by atoms with van der Waals surface area (Å²) in [5.74, 6) is -1.51. The number of aliphatic carboxylic acids is 1. The molecule has 1 aromatic carbocycles. The second-order valence-corrected chi connectivity index (χ2v) is 5.49. The average molecular weight is 341 g/mol. The van der Waals surface area contributed by atoms with Crippen molar-refractivity contribution in [3.63, 3.8) is 0 Å². The maximum absolute atomic E-state index is 14.2. The minimum atomic E-state index is -1.09. The van der Waals surface area contributed by atoms with E-state index in [9.17, 15) is 14.0 Å². The molecule has 8 heteroatoms. The number of hydrogen-bond donors (Lipinski definition) is 2. The largest absolute Gasteiger partial charge is 0.493 e. The zero-order chi connectivity index (χ0) is 17.9. The third-order valence-corrected chi connectivity index (χ3v) is 3.92. The van der Waals surface area contributed by atoms with Crippen molar-refractivity contribution in [3.8, 4) is 11.5 Å². The number of carboxylic acids is 1. The zero-order valence-corrected chi connectivity index (χ0v) is 13.7. The Morgan fingerprint density at radius 1 is 1.25 bits per heavy atom. The summed E-state index contributed by atoms with van der Waals surface area (Å²) in [5, 5.41) is 11.5. The monoisotopic (exact) mass is 341 g/mol. The Labute approximate surface area is 138 Å². The minimum absolute atomic E-state index is 0.230. The van der Waals surface area contributed by atoms with Crippen molar-refractivity contribution in [3.05, 3.63) is 23.5 Å². The molecule has 2 rings (SSSR count). The van der Waals surface area contributed by atoms with Gasteiger partial charge < -0.3 is 24.6 Å². The molecular weight excluding hydrogens is 321 g/mol. The summed E-state index contributed by atoms with van der Waals surface area (Å²) in [6, 6.07) is 1.99. The van der Waals surface area contributed by atoms with Gasteiger partial charge in [0.05, 0.1) is 20.3 Å². The van der Waals surface area contributed by atoms with Gasteiger partial charge >= 0.3 is 5.97 Å². The molecule has 24 heavy (non-hydrogen) atoms. The molecule has 0 spiro atoms. The van der Waals surface area contributed by atoms with Crippen LogP contribution >= 0.6 is 0 Å². The lowest BCUT2D eigenvalue weighted by atomic mass is 10.1. The predicted molar refractivity (Wildman–Crippen MR) is 81.6 cm³/mol. The topological polar surface area (TPSA) is 94.1 Å². The summed E-state index contributed by atoms with van der Waals surface area (Å²) in [4.78, 5) is 23.0. The molecule has 1 heterocycles. The van der Waals surface area contributed by atoms with Gasteiger partial charge in [0.1, 0.15) is 11.9 Å². The maximum atomic E-state index is 14.2. The van der Waals surface area contributed by atoms with E-state index in [2.05, 4.69) is 5.32 Å². The first-order valence-electron chi connectivity index (χ1n) is 7.47. The molecule has 1 saturated heterocycles. The van der Waals surface area contributed by atoms with Gasteiger partial charge in [0.25, 0.3) is 0 Å². The molecule has 7 nitrogen and oxygen atoms in total. The van der Waals surface area contributed by atoms with Crippen LogP contribution in [0.5, 0.6) is 11.5 Å². The molecule has 0 radical (unpaired) electrons. The Kier molecular flexibility index (Phi) is 5.61. The lowest BCUT2D eigenvalue weighted by Gasteiger charge is -2.19. The van der Waals surface area contributed by atoms with Crippen LogP contribution in [0.3, 0.4) is 0 Å². The number of methoxy groups -OCH3 is 2. The van der Waals surface area contributed by atoms with E-state index >= 15 is 0 Å². The Balaban J connectivity index is 2.08. The Morgan fingerprint density at radius 2 is 1.83 bits per heavy atom. The van der Waals surface area contributed by atoms with Crippen LogP contribution in [0.1, 0.15) is 31.4 Å². The molecule has 0 aromatic heterocycles. The highest BCUT2D eigenvalue weighted by atomic mass is 19.1. The van der Waals surface area contributed by atoms with E-state index in [0.717, 1.165) is 0 Å². The van der Waals surface area contributed by atoms with Crippen molar-refractivity contribution in [2.45, 2.75) is 38.0 Å². The molecule has 0 bridgehead atoms. The van der Waals surface area contributed by atoms with Gasteiger partial charge in [0.15, 0.2) is 17.6 Å². The van der Waals surface area contributed by atoms with Crippen molar-refractivity contribution in [2.75, 3.05) is 14.2 Å². The van der Waals surface area contributed by atoms with E-state index < -0.39 is 35.9 Å². The van der Waals surface area contributed by atoms with Gasteiger partial charge in [-0.15, -0.1) is 0 Å². The number of carbonyl (C=O) groups excluding carboxylic acids is 1. The van der Waals surface area contributed by atoms with Crippen LogP contribution < -0.4 is 14.8 Å². The zero-order valence-electron chi connectivity index (χ0n) is 13.7. The summed E-state index contributed by atoms with van der Waals surface area (Å²) >= 11 is 0. The van der Waals surface area contributed by atoms with Crippen molar-refractivity contribution >= 4 is 11.9 Å². The van der Waals surface area contributed by atoms with Gasteiger partial charge in [0.2, 0.25) is 5.91 Å². The summed E-state index contributed by atoms with van der Waals surface area (Å²) in [6.45, 7) is 1.62. The highest BCUT2D eigenvalue weighted by molar-refractivity contribution is 5.83. The molecule has 3 atom stereocenters.